The summed E-state index contributed by atoms with van der Waals surface area (Å²) in [5.74, 6) is 0.314. The standard InChI is InChI=1S/C12H20N2O2/c1-8-13-12(6-7-12)11(15)14(8)9-4-3-5-10(9)16-2/h8-10,13H,3-7H2,1-2H3. The normalized spacial score (nSPS) is 41.0. The predicted octanol–water partition coefficient (Wildman–Crippen LogP) is 0.864. The van der Waals surface area contributed by atoms with Gasteiger partial charge in [0.15, 0.2) is 0 Å². The number of hydrogen-bond acceptors (Lipinski definition) is 3. The summed E-state index contributed by atoms with van der Waals surface area (Å²) in [7, 11) is 1.76. The average Bonchev–Trinajstić information content (AvgIpc) is 2.82. The molecule has 3 atom stereocenters. The number of rotatable bonds is 2. The first-order chi connectivity index (χ1) is 7.68. The van der Waals surface area contributed by atoms with E-state index in [9.17, 15) is 4.79 Å². The Kier molecular flexibility index (Phi) is 2.27. The van der Waals surface area contributed by atoms with E-state index >= 15 is 0 Å². The van der Waals surface area contributed by atoms with Crippen molar-refractivity contribution in [1.82, 2.24) is 10.2 Å². The van der Waals surface area contributed by atoms with Gasteiger partial charge < -0.3 is 9.64 Å². The lowest BCUT2D eigenvalue weighted by Crippen LogP contribution is -2.47. The van der Waals surface area contributed by atoms with Crippen LogP contribution in [0.5, 0.6) is 0 Å². The minimum Gasteiger partial charge on any atom is -0.379 e. The van der Waals surface area contributed by atoms with Crippen LogP contribution < -0.4 is 5.32 Å². The van der Waals surface area contributed by atoms with Crippen molar-refractivity contribution >= 4 is 5.91 Å². The molecule has 3 fully saturated rings. The van der Waals surface area contributed by atoms with Crippen molar-refractivity contribution < 1.29 is 9.53 Å². The third-order valence-corrected chi connectivity index (χ3v) is 4.37. The molecule has 3 unspecified atom stereocenters. The lowest BCUT2D eigenvalue weighted by molar-refractivity contribution is -0.135. The zero-order valence-corrected chi connectivity index (χ0v) is 10.0. The summed E-state index contributed by atoms with van der Waals surface area (Å²) in [6, 6.07) is 0.292. The lowest BCUT2D eigenvalue weighted by Gasteiger charge is -2.31. The Bertz CT molecular complexity index is 314. The van der Waals surface area contributed by atoms with Crippen molar-refractivity contribution in [2.45, 2.75) is 62.9 Å². The molecule has 2 aliphatic carbocycles. The zero-order chi connectivity index (χ0) is 11.3. The lowest BCUT2D eigenvalue weighted by atomic mass is 10.1. The summed E-state index contributed by atoms with van der Waals surface area (Å²) >= 11 is 0. The molecule has 90 valence electrons. The Labute approximate surface area is 96.3 Å². The van der Waals surface area contributed by atoms with Crippen LogP contribution in [-0.4, -0.2) is 41.8 Å². The fourth-order valence-corrected chi connectivity index (χ4v) is 3.37. The van der Waals surface area contributed by atoms with Crippen LogP contribution in [0.2, 0.25) is 0 Å². The number of methoxy groups -OCH3 is 1. The summed E-state index contributed by atoms with van der Waals surface area (Å²) in [6.45, 7) is 2.09. The second-order valence-corrected chi connectivity index (χ2v) is 5.39. The van der Waals surface area contributed by atoms with E-state index in [1.807, 2.05) is 4.90 Å². The number of hydrogen-bond donors (Lipinski definition) is 1. The fourth-order valence-electron chi connectivity index (χ4n) is 3.37. The minimum atomic E-state index is -0.180. The second-order valence-electron chi connectivity index (χ2n) is 5.39. The Morgan fingerprint density at radius 2 is 2.19 bits per heavy atom. The van der Waals surface area contributed by atoms with Gasteiger partial charge in [-0.1, -0.05) is 0 Å². The summed E-state index contributed by atoms with van der Waals surface area (Å²) in [6.07, 6.45) is 5.79. The number of amides is 1. The Morgan fingerprint density at radius 1 is 1.44 bits per heavy atom. The van der Waals surface area contributed by atoms with Gasteiger partial charge in [-0.3, -0.25) is 10.1 Å². The molecular weight excluding hydrogens is 204 g/mol. The fraction of sp³-hybridized carbons (Fsp3) is 0.917. The zero-order valence-electron chi connectivity index (χ0n) is 10.0. The molecular formula is C12H20N2O2. The van der Waals surface area contributed by atoms with E-state index < -0.39 is 0 Å². The van der Waals surface area contributed by atoms with Gasteiger partial charge in [0.05, 0.1) is 23.9 Å². The minimum absolute atomic E-state index is 0.177. The molecule has 1 saturated heterocycles. The van der Waals surface area contributed by atoms with Gasteiger partial charge in [-0.25, -0.2) is 0 Å². The van der Waals surface area contributed by atoms with Crippen molar-refractivity contribution in [1.29, 1.82) is 0 Å². The Hall–Kier alpha value is -0.610. The molecule has 0 bridgehead atoms. The first-order valence-corrected chi connectivity index (χ1v) is 6.31. The molecule has 1 amide bonds. The van der Waals surface area contributed by atoms with E-state index in [2.05, 4.69) is 12.2 Å². The van der Waals surface area contributed by atoms with Crippen LogP contribution in [0.4, 0.5) is 0 Å². The van der Waals surface area contributed by atoms with Crippen LogP contribution in [-0.2, 0) is 9.53 Å². The van der Waals surface area contributed by atoms with Crippen molar-refractivity contribution in [2.24, 2.45) is 0 Å². The molecule has 1 N–H and O–H groups in total. The quantitative estimate of drug-likeness (QED) is 0.756. The molecule has 0 aromatic carbocycles. The molecule has 3 aliphatic rings. The van der Waals surface area contributed by atoms with Crippen LogP contribution >= 0.6 is 0 Å². The van der Waals surface area contributed by atoms with Gasteiger partial charge in [-0.05, 0) is 39.0 Å². The summed E-state index contributed by atoms with van der Waals surface area (Å²) in [5, 5.41) is 3.45. The van der Waals surface area contributed by atoms with Gasteiger partial charge in [-0.15, -0.1) is 0 Å². The van der Waals surface area contributed by atoms with Gasteiger partial charge in [-0.2, -0.15) is 0 Å². The molecule has 16 heavy (non-hydrogen) atoms. The third-order valence-electron chi connectivity index (χ3n) is 4.37. The SMILES string of the molecule is COC1CCCC1N1C(=O)C2(CC2)NC1C. The second kappa shape index (κ2) is 3.44. The molecule has 1 heterocycles. The van der Waals surface area contributed by atoms with E-state index in [0.29, 0.717) is 11.9 Å². The maximum absolute atomic E-state index is 12.4. The predicted molar refractivity (Wildman–Crippen MR) is 59.8 cm³/mol. The van der Waals surface area contributed by atoms with Crippen molar-refractivity contribution in [3.05, 3.63) is 0 Å². The molecule has 2 saturated carbocycles. The van der Waals surface area contributed by atoms with Gasteiger partial charge in [0.1, 0.15) is 0 Å². The maximum atomic E-state index is 12.4. The highest BCUT2D eigenvalue weighted by molar-refractivity contribution is 5.92. The summed E-state index contributed by atoms with van der Waals surface area (Å²) in [5.41, 5.74) is -0.180. The Balaban J connectivity index is 1.81. The topological polar surface area (TPSA) is 41.6 Å². The first kappa shape index (κ1) is 10.5. The largest absolute Gasteiger partial charge is 0.379 e. The van der Waals surface area contributed by atoms with E-state index in [1.165, 1.54) is 6.42 Å². The monoisotopic (exact) mass is 224 g/mol. The van der Waals surface area contributed by atoms with E-state index in [0.717, 1.165) is 25.7 Å². The molecule has 1 aliphatic heterocycles. The average molecular weight is 224 g/mol. The van der Waals surface area contributed by atoms with Crippen molar-refractivity contribution in [3.63, 3.8) is 0 Å². The summed E-state index contributed by atoms with van der Waals surface area (Å²) in [4.78, 5) is 14.4. The van der Waals surface area contributed by atoms with E-state index in [4.69, 9.17) is 4.74 Å². The van der Waals surface area contributed by atoms with E-state index in [-0.39, 0.29) is 17.8 Å². The maximum Gasteiger partial charge on any atom is 0.244 e. The number of nitrogens with zero attached hydrogens (tertiary/aromatic N) is 1. The smallest absolute Gasteiger partial charge is 0.244 e. The third kappa shape index (κ3) is 1.32. The van der Waals surface area contributed by atoms with Crippen LogP contribution in [0.1, 0.15) is 39.0 Å². The highest BCUT2D eigenvalue weighted by Gasteiger charge is 2.60. The van der Waals surface area contributed by atoms with Crippen LogP contribution in [0.15, 0.2) is 0 Å². The van der Waals surface area contributed by atoms with Gasteiger partial charge in [0.25, 0.3) is 0 Å². The van der Waals surface area contributed by atoms with Crippen LogP contribution in [0.3, 0.4) is 0 Å². The number of carbonyl (C=O) groups excluding carboxylic acids is 1. The summed E-state index contributed by atoms with van der Waals surface area (Å²) < 4.78 is 5.50. The van der Waals surface area contributed by atoms with Gasteiger partial charge in [0.2, 0.25) is 5.91 Å². The molecule has 1 spiro atoms. The van der Waals surface area contributed by atoms with E-state index in [1.54, 1.807) is 7.11 Å². The number of carbonyl (C=O) groups is 1. The molecule has 0 aromatic rings. The molecule has 4 nitrogen and oxygen atoms in total. The molecule has 0 aromatic heterocycles. The molecule has 4 heteroatoms. The Morgan fingerprint density at radius 3 is 2.75 bits per heavy atom. The van der Waals surface area contributed by atoms with Crippen LogP contribution in [0, 0.1) is 0 Å². The molecule has 3 rings (SSSR count). The highest BCUT2D eigenvalue weighted by Crippen LogP contribution is 2.44. The van der Waals surface area contributed by atoms with Crippen molar-refractivity contribution in [2.75, 3.05) is 7.11 Å². The van der Waals surface area contributed by atoms with Crippen LogP contribution in [0.25, 0.3) is 0 Å². The first-order valence-electron chi connectivity index (χ1n) is 6.31. The number of nitrogens with one attached hydrogen (secondary N) is 1. The van der Waals surface area contributed by atoms with Gasteiger partial charge in [0, 0.05) is 7.11 Å². The van der Waals surface area contributed by atoms with Gasteiger partial charge >= 0.3 is 0 Å². The van der Waals surface area contributed by atoms with Crippen molar-refractivity contribution in [3.8, 4) is 0 Å². The molecule has 0 radical (unpaired) electrons. The highest BCUT2D eigenvalue weighted by atomic mass is 16.5. The number of ether oxygens (including phenoxy) is 1.